The van der Waals surface area contributed by atoms with Gasteiger partial charge >= 0.3 is 0 Å². The number of carbonyl (C=O) groups is 2. The predicted molar refractivity (Wildman–Crippen MR) is 125 cm³/mol. The fourth-order valence-electron chi connectivity index (χ4n) is 2.97. The van der Waals surface area contributed by atoms with Crippen molar-refractivity contribution in [1.82, 2.24) is 25.6 Å². The maximum Gasteiger partial charge on any atom is 0.271 e. The molecule has 0 aliphatic carbocycles. The molecule has 0 radical (unpaired) electrons. The highest BCUT2D eigenvalue weighted by molar-refractivity contribution is 7.99. The SMILES string of the molecule is O=C(CSc1nnc(-c2ccccc2)n1-c1ccc(F)cc1)NNC(=O)c1ccccc1Cl. The molecule has 0 bridgehead atoms. The molecule has 0 saturated heterocycles. The number of thioether (sulfide) groups is 1. The average Bonchev–Trinajstić information content (AvgIpc) is 3.26. The number of benzene rings is 3. The van der Waals surface area contributed by atoms with Crippen molar-refractivity contribution in [2.75, 3.05) is 5.75 Å². The molecule has 0 aliphatic heterocycles. The minimum Gasteiger partial charge on any atom is -0.272 e. The van der Waals surface area contributed by atoms with Gasteiger partial charge in [0.25, 0.3) is 5.91 Å². The number of carbonyl (C=O) groups excluding carboxylic acids is 2. The Kier molecular flexibility index (Phi) is 7.01. The van der Waals surface area contributed by atoms with E-state index < -0.39 is 11.8 Å². The molecule has 1 aromatic heterocycles. The summed E-state index contributed by atoms with van der Waals surface area (Å²) in [5, 5.41) is 9.20. The first-order valence-electron chi connectivity index (χ1n) is 9.76. The summed E-state index contributed by atoms with van der Waals surface area (Å²) in [5.74, 6) is -0.833. The second-order valence-electron chi connectivity index (χ2n) is 6.75. The number of aromatic nitrogens is 3. The number of hydrogen-bond acceptors (Lipinski definition) is 5. The second-order valence-corrected chi connectivity index (χ2v) is 8.10. The van der Waals surface area contributed by atoms with E-state index in [9.17, 15) is 14.0 Å². The summed E-state index contributed by atoms with van der Waals surface area (Å²) in [6, 6.07) is 21.8. The molecular formula is C23H17ClFN5O2S. The van der Waals surface area contributed by atoms with Crippen LogP contribution in [0.25, 0.3) is 17.1 Å². The molecule has 0 unspecified atom stereocenters. The second kappa shape index (κ2) is 10.3. The number of rotatable bonds is 6. The quantitative estimate of drug-likeness (QED) is 0.317. The molecule has 7 nitrogen and oxygen atoms in total. The van der Waals surface area contributed by atoms with Gasteiger partial charge in [0.2, 0.25) is 5.91 Å². The Bertz CT molecular complexity index is 1280. The average molecular weight is 482 g/mol. The Balaban J connectivity index is 1.48. The van der Waals surface area contributed by atoms with Crippen molar-refractivity contribution >= 4 is 35.2 Å². The van der Waals surface area contributed by atoms with Crippen molar-refractivity contribution in [1.29, 1.82) is 0 Å². The van der Waals surface area contributed by atoms with Crippen molar-refractivity contribution in [3.8, 4) is 17.1 Å². The van der Waals surface area contributed by atoms with Gasteiger partial charge in [-0.3, -0.25) is 25.0 Å². The Hall–Kier alpha value is -3.69. The van der Waals surface area contributed by atoms with Crippen LogP contribution >= 0.6 is 23.4 Å². The topological polar surface area (TPSA) is 88.9 Å². The normalized spacial score (nSPS) is 10.6. The monoisotopic (exact) mass is 481 g/mol. The number of nitrogens with one attached hydrogen (secondary N) is 2. The van der Waals surface area contributed by atoms with Gasteiger partial charge in [-0.05, 0) is 36.4 Å². The van der Waals surface area contributed by atoms with Crippen LogP contribution in [-0.4, -0.2) is 32.3 Å². The van der Waals surface area contributed by atoms with Gasteiger partial charge in [-0.25, -0.2) is 4.39 Å². The lowest BCUT2D eigenvalue weighted by Crippen LogP contribution is -2.42. The third kappa shape index (κ3) is 5.39. The van der Waals surface area contributed by atoms with Crippen LogP contribution in [0.5, 0.6) is 0 Å². The Morgan fingerprint density at radius 1 is 0.909 bits per heavy atom. The van der Waals surface area contributed by atoms with E-state index in [4.69, 9.17) is 11.6 Å². The Labute approximate surface area is 198 Å². The minimum absolute atomic E-state index is 0.0447. The number of hydrazine groups is 1. The number of amides is 2. The van der Waals surface area contributed by atoms with Gasteiger partial charge in [0.15, 0.2) is 11.0 Å². The number of nitrogens with zero attached hydrogens (tertiary/aromatic N) is 3. The van der Waals surface area contributed by atoms with Gasteiger partial charge in [-0.2, -0.15) is 0 Å². The van der Waals surface area contributed by atoms with Crippen molar-refractivity contribution in [2.24, 2.45) is 0 Å². The highest BCUT2D eigenvalue weighted by Gasteiger charge is 2.18. The summed E-state index contributed by atoms with van der Waals surface area (Å²) < 4.78 is 15.2. The zero-order valence-corrected chi connectivity index (χ0v) is 18.6. The number of hydrogen-bond donors (Lipinski definition) is 2. The van der Waals surface area contributed by atoms with E-state index in [1.165, 1.54) is 12.1 Å². The molecule has 0 fully saturated rings. The predicted octanol–water partition coefficient (Wildman–Crippen LogP) is 4.28. The molecule has 1 heterocycles. The van der Waals surface area contributed by atoms with Crippen LogP contribution in [0.1, 0.15) is 10.4 Å². The maximum atomic E-state index is 13.5. The van der Waals surface area contributed by atoms with Crippen molar-refractivity contribution in [3.63, 3.8) is 0 Å². The van der Waals surface area contributed by atoms with E-state index in [2.05, 4.69) is 21.0 Å². The molecule has 2 N–H and O–H groups in total. The summed E-state index contributed by atoms with van der Waals surface area (Å²) in [6.07, 6.45) is 0. The first kappa shape index (κ1) is 22.5. The molecular weight excluding hydrogens is 465 g/mol. The largest absolute Gasteiger partial charge is 0.272 e. The summed E-state index contributed by atoms with van der Waals surface area (Å²) in [5.41, 5.74) is 6.41. The lowest BCUT2D eigenvalue weighted by Gasteiger charge is -2.11. The maximum absolute atomic E-state index is 13.5. The number of halogens is 2. The zero-order chi connectivity index (χ0) is 23.2. The zero-order valence-electron chi connectivity index (χ0n) is 17.0. The van der Waals surface area contributed by atoms with Crippen LogP contribution in [0.15, 0.2) is 84.0 Å². The van der Waals surface area contributed by atoms with Gasteiger partial charge in [0.1, 0.15) is 5.82 Å². The van der Waals surface area contributed by atoms with Crippen LogP contribution < -0.4 is 10.9 Å². The van der Waals surface area contributed by atoms with Gasteiger partial charge < -0.3 is 0 Å². The molecule has 0 spiro atoms. The van der Waals surface area contributed by atoms with E-state index in [-0.39, 0.29) is 22.2 Å². The lowest BCUT2D eigenvalue weighted by molar-refractivity contribution is -0.119. The fourth-order valence-corrected chi connectivity index (χ4v) is 3.94. The molecule has 0 saturated carbocycles. The molecule has 2 amide bonds. The molecule has 3 aromatic carbocycles. The highest BCUT2D eigenvalue weighted by atomic mass is 35.5. The highest BCUT2D eigenvalue weighted by Crippen LogP contribution is 2.28. The van der Waals surface area contributed by atoms with Gasteiger partial charge in [-0.1, -0.05) is 65.8 Å². The molecule has 10 heteroatoms. The minimum atomic E-state index is -0.528. The fraction of sp³-hybridized carbons (Fsp3) is 0.0435. The molecule has 33 heavy (non-hydrogen) atoms. The van der Waals surface area contributed by atoms with Crippen molar-refractivity contribution < 1.29 is 14.0 Å². The van der Waals surface area contributed by atoms with E-state index in [0.717, 1.165) is 17.3 Å². The summed E-state index contributed by atoms with van der Waals surface area (Å²) in [4.78, 5) is 24.5. The Morgan fingerprint density at radius 2 is 1.61 bits per heavy atom. The summed E-state index contributed by atoms with van der Waals surface area (Å²) >= 11 is 7.12. The van der Waals surface area contributed by atoms with E-state index in [0.29, 0.717) is 16.7 Å². The van der Waals surface area contributed by atoms with Crippen LogP contribution in [0.2, 0.25) is 5.02 Å². The molecule has 4 rings (SSSR count). The van der Waals surface area contributed by atoms with Crippen LogP contribution in [0.4, 0.5) is 4.39 Å². The van der Waals surface area contributed by atoms with Crippen molar-refractivity contribution in [2.45, 2.75) is 5.16 Å². The standard InChI is InChI=1S/C23H17ClFN5O2S/c24-19-9-5-4-8-18(19)22(32)28-26-20(31)14-33-23-29-27-21(15-6-2-1-3-7-15)30(23)17-12-10-16(25)11-13-17/h1-13H,14H2,(H,26,31)(H,28,32). The van der Waals surface area contributed by atoms with Crippen molar-refractivity contribution in [3.05, 3.63) is 95.3 Å². The Morgan fingerprint density at radius 3 is 2.33 bits per heavy atom. The molecule has 166 valence electrons. The first-order chi connectivity index (χ1) is 16.0. The van der Waals surface area contributed by atoms with Crippen LogP contribution in [0.3, 0.4) is 0 Å². The third-order valence-corrected chi connectivity index (χ3v) is 5.78. The third-order valence-electron chi connectivity index (χ3n) is 4.52. The lowest BCUT2D eigenvalue weighted by atomic mass is 10.2. The molecule has 0 atom stereocenters. The van der Waals surface area contributed by atoms with Crippen LogP contribution in [0, 0.1) is 5.82 Å². The van der Waals surface area contributed by atoms with Gasteiger partial charge in [0, 0.05) is 11.3 Å². The van der Waals surface area contributed by atoms with Crippen LogP contribution in [-0.2, 0) is 4.79 Å². The summed E-state index contributed by atoms with van der Waals surface area (Å²) in [7, 11) is 0. The summed E-state index contributed by atoms with van der Waals surface area (Å²) in [6.45, 7) is 0. The smallest absolute Gasteiger partial charge is 0.271 e. The first-order valence-corrected chi connectivity index (χ1v) is 11.1. The van der Waals surface area contributed by atoms with E-state index in [1.807, 2.05) is 30.3 Å². The van der Waals surface area contributed by atoms with E-state index >= 15 is 0 Å². The van der Waals surface area contributed by atoms with E-state index in [1.54, 1.807) is 41.0 Å². The molecule has 4 aromatic rings. The van der Waals surface area contributed by atoms with Gasteiger partial charge in [0.05, 0.1) is 16.3 Å². The van der Waals surface area contributed by atoms with Gasteiger partial charge in [-0.15, -0.1) is 10.2 Å². The molecule has 0 aliphatic rings.